The molecule has 5 nitrogen and oxygen atoms in total. The quantitative estimate of drug-likeness (QED) is 0.678. The second-order valence-electron chi connectivity index (χ2n) is 5.45. The number of para-hydroxylation sites is 2. The molecule has 0 aliphatic carbocycles. The lowest BCUT2D eigenvalue weighted by molar-refractivity contribution is -0.140. The van der Waals surface area contributed by atoms with Crippen LogP contribution in [0.4, 0.5) is 0 Å². The minimum absolute atomic E-state index is 0.0973. The molecule has 0 spiro atoms. The van der Waals surface area contributed by atoms with Crippen molar-refractivity contribution in [2.24, 2.45) is 0 Å². The summed E-state index contributed by atoms with van der Waals surface area (Å²) >= 11 is 0. The first-order valence-electron chi connectivity index (χ1n) is 7.83. The Morgan fingerprint density at radius 1 is 1.08 bits per heavy atom. The van der Waals surface area contributed by atoms with Gasteiger partial charge in [0, 0.05) is 12.8 Å². The van der Waals surface area contributed by atoms with Crippen LogP contribution in [0, 0.1) is 0 Å². The molecule has 0 fully saturated rings. The summed E-state index contributed by atoms with van der Waals surface area (Å²) < 4.78 is 6.29. The van der Waals surface area contributed by atoms with Crippen LogP contribution in [-0.2, 0) is 16.0 Å². The van der Waals surface area contributed by atoms with Crippen molar-refractivity contribution in [1.29, 1.82) is 0 Å². The molecule has 3 aromatic rings. The average molecular weight is 322 g/mol. The van der Waals surface area contributed by atoms with Crippen molar-refractivity contribution < 1.29 is 9.53 Å². The van der Waals surface area contributed by atoms with Gasteiger partial charge in [-0.2, -0.15) is 0 Å². The Kier molecular flexibility index (Phi) is 4.70. The number of nitrogens with zero attached hydrogens (tertiary/aromatic N) is 2. The fourth-order valence-corrected chi connectivity index (χ4v) is 2.68. The van der Waals surface area contributed by atoms with E-state index in [0.717, 1.165) is 5.69 Å². The average Bonchev–Trinajstić information content (AvgIpc) is 2.62. The monoisotopic (exact) mass is 322 g/mol. The molecule has 2 aromatic carbocycles. The van der Waals surface area contributed by atoms with E-state index in [4.69, 9.17) is 0 Å². The summed E-state index contributed by atoms with van der Waals surface area (Å²) in [6.07, 6.45) is 1.39. The van der Waals surface area contributed by atoms with Gasteiger partial charge in [-0.05, 0) is 30.7 Å². The van der Waals surface area contributed by atoms with Gasteiger partial charge >= 0.3 is 5.97 Å². The Hall–Kier alpha value is -2.95. The number of fused-ring (bicyclic) bond motifs is 1. The number of ether oxygens (including phenoxy) is 1. The highest BCUT2D eigenvalue weighted by Gasteiger charge is 2.13. The van der Waals surface area contributed by atoms with Gasteiger partial charge in [-0.15, -0.1) is 0 Å². The van der Waals surface area contributed by atoms with E-state index in [-0.39, 0.29) is 11.5 Å². The molecule has 122 valence electrons. The van der Waals surface area contributed by atoms with Gasteiger partial charge in [-0.3, -0.25) is 14.2 Å². The molecule has 0 saturated heterocycles. The summed E-state index contributed by atoms with van der Waals surface area (Å²) in [5.41, 5.74) is 1.34. The molecule has 0 amide bonds. The van der Waals surface area contributed by atoms with Crippen LogP contribution in [0.1, 0.15) is 18.7 Å². The second-order valence-corrected chi connectivity index (χ2v) is 5.45. The number of carbonyl (C=O) groups is 1. The normalized spacial score (nSPS) is 10.7. The molecule has 0 unspecified atom stereocenters. The summed E-state index contributed by atoms with van der Waals surface area (Å²) in [6.45, 7) is 0. The van der Waals surface area contributed by atoms with Gasteiger partial charge in [0.2, 0.25) is 0 Å². The summed E-state index contributed by atoms with van der Waals surface area (Å²) in [4.78, 5) is 28.9. The van der Waals surface area contributed by atoms with Crippen LogP contribution in [0.15, 0.2) is 59.4 Å². The Balaban J connectivity index is 2.08. The predicted molar refractivity (Wildman–Crippen MR) is 92.3 cm³/mol. The molecule has 0 atom stereocenters. The lowest BCUT2D eigenvalue weighted by atomic mass is 10.2. The van der Waals surface area contributed by atoms with Crippen LogP contribution >= 0.6 is 0 Å². The maximum atomic E-state index is 12.9. The van der Waals surface area contributed by atoms with Crippen molar-refractivity contribution in [3.63, 3.8) is 0 Å². The lowest BCUT2D eigenvalue weighted by Gasteiger charge is -2.13. The first kappa shape index (κ1) is 15.9. The van der Waals surface area contributed by atoms with Crippen LogP contribution in [0.5, 0.6) is 0 Å². The third-order valence-electron chi connectivity index (χ3n) is 3.87. The minimum Gasteiger partial charge on any atom is -0.469 e. The van der Waals surface area contributed by atoms with Crippen LogP contribution < -0.4 is 5.56 Å². The number of rotatable bonds is 5. The summed E-state index contributed by atoms with van der Waals surface area (Å²) in [5, 5.41) is 0.582. The molecular weight excluding hydrogens is 304 g/mol. The van der Waals surface area contributed by atoms with E-state index in [0.29, 0.717) is 36.0 Å². The van der Waals surface area contributed by atoms with Crippen molar-refractivity contribution in [2.75, 3.05) is 7.11 Å². The molecular formula is C19H18N2O3. The topological polar surface area (TPSA) is 61.2 Å². The van der Waals surface area contributed by atoms with Gasteiger partial charge in [-0.1, -0.05) is 30.3 Å². The number of hydrogen-bond donors (Lipinski definition) is 0. The second kappa shape index (κ2) is 7.08. The predicted octanol–water partition coefficient (Wildman–Crippen LogP) is 2.88. The van der Waals surface area contributed by atoms with Gasteiger partial charge < -0.3 is 4.74 Å². The molecule has 0 radical (unpaired) electrons. The van der Waals surface area contributed by atoms with E-state index in [2.05, 4.69) is 9.72 Å². The lowest BCUT2D eigenvalue weighted by Crippen LogP contribution is -2.24. The van der Waals surface area contributed by atoms with Crippen LogP contribution in [0.2, 0.25) is 0 Å². The molecule has 0 saturated carbocycles. The van der Waals surface area contributed by atoms with Gasteiger partial charge in [0.25, 0.3) is 5.56 Å². The Bertz CT molecular complexity index is 917. The molecule has 24 heavy (non-hydrogen) atoms. The van der Waals surface area contributed by atoms with Crippen LogP contribution in [0.25, 0.3) is 16.6 Å². The molecule has 3 rings (SSSR count). The van der Waals surface area contributed by atoms with E-state index in [1.807, 2.05) is 48.5 Å². The SMILES string of the molecule is COC(=O)CCCc1nc2ccccc2c(=O)n1-c1ccccc1. The fraction of sp³-hybridized carbons (Fsp3) is 0.211. The first-order valence-corrected chi connectivity index (χ1v) is 7.83. The third kappa shape index (κ3) is 3.20. The van der Waals surface area contributed by atoms with E-state index < -0.39 is 0 Å². The van der Waals surface area contributed by atoms with Crippen LogP contribution in [0.3, 0.4) is 0 Å². The zero-order chi connectivity index (χ0) is 16.9. The highest BCUT2D eigenvalue weighted by atomic mass is 16.5. The fourth-order valence-electron chi connectivity index (χ4n) is 2.68. The number of benzene rings is 2. The Morgan fingerprint density at radius 3 is 2.54 bits per heavy atom. The van der Waals surface area contributed by atoms with Crippen molar-refractivity contribution in [1.82, 2.24) is 9.55 Å². The highest BCUT2D eigenvalue weighted by molar-refractivity contribution is 5.77. The largest absolute Gasteiger partial charge is 0.469 e. The summed E-state index contributed by atoms with van der Waals surface area (Å²) in [5.74, 6) is 0.387. The molecule has 1 aromatic heterocycles. The van der Waals surface area contributed by atoms with Crippen LogP contribution in [-0.4, -0.2) is 22.6 Å². The zero-order valence-corrected chi connectivity index (χ0v) is 13.4. The number of methoxy groups -OCH3 is 1. The number of hydrogen-bond acceptors (Lipinski definition) is 4. The highest BCUT2D eigenvalue weighted by Crippen LogP contribution is 2.14. The molecule has 0 N–H and O–H groups in total. The van der Waals surface area contributed by atoms with Gasteiger partial charge in [0.05, 0.1) is 23.7 Å². The number of aryl methyl sites for hydroxylation is 1. The zero-order valence-electron chi connectivity index (χ0n) is 13.4. The van der Waals surface area contributed by atoms with Crippen molar-refractivity contribution in [3.8, 4) is 5.69 Å². The standard InChI is InChI=1S/C19H18N2O3/c1-24-18(22)13-7-12-17-20-16-11-6-5-10-15(16)19(23)21(17)14-8-3-2-4-9-14/h2-6,8-11H,7,12-13H2,1H3. The maximum absolute atomic E-state index is 12.9. The smallest absolute Gasteiger partial charge is 0.305 e. The number of aromatic nitrogens is 2. The minimum atomic E-state index is -0.260. The Labute approximate surface area is 139 Å². The van der Waals surface area contributed by atoms with E-state index in [1.165, 1.54) is 7.11 Å². The summed E-state index contributed by atoms with van der Waals surface area (Å²) in [6, 6.07) is 16.7. The van der Waals surface area contributed by atoms with Crippen molar-refractivity contribution in [3.05, 3.63) is 70.8 Å². The molecule has 0 aliphatic heterocycles. The van der Waals surface area contributed by atoms with Crippen molar-refractivity contribution in [2.45, 2.75) is 19.3 Å². The third-order valence-corrected chi connectivity index (χ3v) is 3.87. The van der Waals surface area contributed by atoms with Gasteiger partial charge in [0.1, 0.15) is 5.82 Å². The van der Waals surface area contributed by atoms with Crippen molar-refractivity contribution >= 4 is 16.9 Å². The number of esters is 1. The molecule has 0 bridgehead atoms. The molecule has 1 heterocycles. The van der Waals surface area contributed by atoms with E-state index in [9.17, 15) is 9.59 Å². The summed E-state index contributed by atoms with van der Waals surface area (Å²) in [7, 11) is 1.37. The van der Waals surface area contributed by atoms with E-state index >= 15 is 0 Å². The van der Waals surface area contributed by atoms with Gasteiger partial charge in [0.15, 0.2) is 0 Å². The maximum Gasteiger partial charge on any atom is 0.305 e. The molecule has 0 aliphatic rings. The number of carbonyl (C=O) groups excluding carboxylic acids is 1. The Morgan fingerprint density at radius 2 is 1.79 bits per heavy atom. The molecule has 5 heteroatoms. The van der Waals surface area contributed by atoms with E-state index in [1.54, 1.807) is 10.6 Å². The first-order chi connectivity index (χ1) is 11.7. The van der Waals surface area contributed by atoms with Gasteiger partial charge in [-0.25, -0.2) is 4.98 Å².